The fourth-order valence-electron chi connectivity index (χ4n) is 1.77. The number of hydrogen-bond donors (Lipinski definition) is 4. The summed E-state index contributed by atoms with van der Waals surface area (Å²) in [7, 11) is 1.24. The Morgan fingerprint density at radius 2 is 1.89 bits per heavy atom. The van der Waals surface area contributed by atoms with Gasteiger partial charge in [-0.3, -0.25) is 4.79 Å². The zero-order valence-corrected chi connectivity index (χ0v) is 10.8. The zero-order valence-electron chi connectivity index (χ0n) is 10.8. The van der Waals surface area contributed by atoms with E-state index in [1.807, 2.05) is 0 Å². The average Bonchev–Trinajstić information content (AvgIpc) is 2.39. The molecule has 1 fully saturated rings. The van der Waals surface area contributed by atoms with Crippen molar-refractivity contribution < 1.29 is 39.4 Å². The van der Waals surface area contributed by atoms with Crippen molar-refractivity contribution in [2.24, 2.45) is 0 Å². The Morgan fingerprint density at radius 3 is 2.42 bits per heavy atom. The van der Waals surface area contributed by atoms with E-state index in [1.54, 1.807) is 6.92 Å². The Bertz CT molecular complexity index is 294. The lowest BCUT2D eigenvalue weighted by Gasteiger charge is -2.40. The van der Waals surface area contributed by atoms with Crippen LogP contribution in [-0.4, -0.2) is 76.9 Å². The summed E-state index contributed by atoms with van der Waals surface area (Å²) in [6.45, 7) is 1.04. The molecule has 6 atom stereocenters. The van der Waals surface area contributed by atoms with Crippen LogP contribution in [0.3, 0.4) is 0 Å². The van der Waals surface area contributed by atoms with Crippen LogP contribution in [0, 0.1) is 0 Å². The molecule has 1 aliphatic heterocycles. The second-order valence-corrected chi connectivity index (χ2v) is 4.42. The van der Waals surface area contributed by atoms with Gasteiger partial charge in [-0.25, -0.2) is 0 Å². The van der Waals surface area contributed by atoms with Crippen LogP contribution in [0.2, 0.25) is 0 Å². The Balaban J connectivity index is 2.58. The van der Waals surface area contributed by atoms with Crippen molar-refractivity contribution in [3.63, 3.8) is 0 Å². The van der Waals surface area contributed by atoms with Gasteiger partial charge in [0.2, 0.25) is 0 Å². The molecular weight excluding hydrogens is 260 g/mol. The van der Waals surface area contributed by atoms with E-state index in [9.17, 15) is 20.1 Å². The Hall–Kier alpha value is -0.770. The SMILES string of the molecule is COC(=O)C[C@H](C)O[C@@H]1O[C@H](CO)[C@@H](O)[C@H](O)[C@H]1O. The van der Waals surface area contributed by atoms with Crippen LogP contribution >= 0.6 is 0 Å². The molecule has 19 heavy (non-hydrogen) atoms. The fraction of sp³-hybridized carbons (Fsp3) is 0.909. The minimum absolute atomic E-state index is 0.0501. The van der Waals surface area contributed by atoms with Gasteiger partial charge in [-0.15, -0.1) is 0 Å². The zero-order chi connectivity index (χ0) is 14.6. The molecule has 1 saturated heterocycles. The van der Waals surface area contributed by atoms with Crippen LogP contribution < -0.4 is 0 Å². The van der Waals surface area contributed by atoms with Crippen molar-refractivity contribution in [2.75, 3.05) is 13.7 Å². The maximum Gasteiger partial charge on any atom is 0.308 e. The van der Waals surface area contributed by atoms with Crippen molar-refractivity contribution in [3.05, 3.63) is 0 Å². The van der Waals surface area contributed by atoms with Crippen molar-refractivity contribution >= 4 is 5.97 Å². The molecular formula is C11H20O8. The molecule has 0 saturated carbocycles. The predicted octanol–water partition coefficient (Wildman–Crippen LogP) is -2.25. The normalized spacial score (nSPS) is 36.8. The second-order valence-electron chi connectivity index (χ2n) is 4.42. The highest BCUT2D eigenvalue weighted by Gasteiger charge is 2.44. The van der Waals surface area contributed by atoms with Crippen LogP contribution in [0.4, 0.5) is 0 Å². The van der Waals surface area contributed by atoms with E-state index in [-0.39, 0.29) is 6.42 Å². The minimum Gasteiger partial charge on any atom is -0.469 e. The minimum atomic E-state index is -1.50. The van der Waals surface area contributed by atoms with E-state index in [2.05, 4.69) is 4.74 Å². The predicted molar refractivity (Wildman–Crippen MR) is 60.9 cm³/mol. The van der Waals surface area contributed by atoms with E-state index >= 15 is 0 Å². The monoisotopic (exact) mass is 280 g/mol. The van der Waals surface area contributed by atoms with E-state index in [0.717, 1.165) is 0 Å². The quantitative estimate of drug-likeness (QED) is 0.416. The third-order valence-corrected chi connectivity index (χ3v) is 2.90. The number of ether oxygens (including phenoxy) is 3. The Morgan fingerprint density at radius 1 is 1.26 bits per heavy atom. The first kappa shape index (κ1) is 16.3. The van der Waals surface area contributed by atoms with Crippen molar-refractivity contribution in [3.8, 4) is 0 Å². The van der Waals surface area contributed by atoms with Crippen molar-refractivity contribution in [2.45, 2.75) is 50.2 Å². The summed E-state index contributed by atoms with van der Waals surface area (Å²) < 4.78 is 14.9. The van der Waals surface area contributed by atoms with E-state index in [0.29, 0.717) is 0 Å². The van der Waals surface area contributed by atoms with Crippen LogP contribution in [0.25, 0.3) is 0 Å². The molecule has 8 nitrogen and oxygen atoms in total. The molecule has 0 amide bonds. The number of aliphatic hydroxyl groups is 4. The van der Waals surface area contributed by atoms with Gasteiger partial charge in [0.25, 0.3) is 0 Å². The Kier molecular flexibility index (Phi) is 6.11. The molecule has 0 aromatic heterocycles. The molecule has 0 radical (unpaired) electrons. The Labute approximate surface area is 110 Å². The summed E-state index contributed by atoms with van der Waals surface area (Å²) in [5.41, 5.74) is 0. The van der Waals surface area contributed by atoms with E-state index < -0.39 is 49.4 Å². The number of esters is 1. The third-order valence-electron chi connectivity index (χ3n) is 2.90. The average molecular weight is 280 g/mol. The first-order valence-corrected chi connectivity index (χ1v) is 5.93. The van der Waals surface area contributed by atoms with Gasteiger partial charge < -0.3 is 34.6 Å². The molecule has 0 unspecified atom stereocenters. The lowest BCUT2D eigenvalue weighted by Crippen LogP contribution is -2.59. The lowest BCUT2D eigenvalue weighted by molar-refractivity contribution is -0.310. The maximum absolute atomic E-state index is 11.0. The van der Waals surface area contributed by atoms with Crippen molar-refractivity contribution in [1.29, 1.82) is 0 Å². The molecule has 4 N–H and O–H groups in total. The lowest BCUT2D eigenvalue weighted by atomic mass is 9.99. The van der Waals surface area contributed by atoms with Crippen molar-refractivity contribution in [1.82, 2.24) is 0 Å². The standard InChI is InChI=1S/C11H20O8/c1-5(3-7(13)17-2)18-11-10(16)9(15)8(14)6(4-12)19-11/h5-6,8-12,14-16H,3-4H2,1-2H3/t5-,6+,8+,9-,10+,11+/m0/s1. The van der Waals surface area contributed by atoms with Gasteiger partial charge in [-0.05, 0) is 6.92 Å². The molecule has 0 aliphatic carbocycles. The summed E-state index contributed by atoms with van der Waals surface area (Å²) in [5.74, 6) is -0.489. The first-order valence-electron chi connectivity index (χ1n) is 5.93. The number of carbonyl (C=O) groups excluding carboxylic acids is 1. The van der Waals surface area contributed by atoms with Gasteiger partial charge in [0.15, 0.2) is 6.29 Å². The van der Waals surface area contributed by atoms with E-state index in [4.69, 9.17) is 14.6 Å². The van der Waals surface area contributed by atoms with Gasteiger partial charge in [0.05, 0.1) is 26.2 Å². The summed E-state index contributed by atoms with van der Waals surface area (Å²) in [5, 5.41) is 37.8. The molecule has 1 rings (SSSR count). The fourth-order valence-corrected chi connectivity index (χ4v) is 1.77. The molecule has 112 valence electrons. The number of hydrogen-bond acceptors (Lipinski definition) is 8. The molecule has 0 aromatic carbocycles. The largest absolute Gasteiger partial charge is 0.469 e. The van der Waals surface area contributed by atoms with Crippen LogP contribution in [-0.2, 0) is 19.0 Å². The highest BCUT2D eigenvalue weighted by atomic mass is 16.7. The van der Waals surface area contributed by atoms with Gasteiger partial charge in [-0.2, -0.15) is 0 Å². The first-order chi connectivity index (χ1) is 8.90. The summed E-state index contributed by atoms with van der Waals surface area (Å²) >= 11 is 0. The second kappa shape index (κ2) is 7.13. The van der Waals surface area contributed by atoms with Crippen LogP contribution in [0.5, 0.6) is 0 Å². The van der Waals surface area contributed by atoms with Gasteiger partial charge in [0, 0.05) is 0 Å². The molecule has 0 spiro atoms. The smallest absolute Gasteiger partial charge is 0.308 e. The van der Waals surface area contributed by atoms with Crippen LogP contribution in [0.1, 0.15) is 13.3 Å². The van der Waals surface area contributed by atoms with Gasteiger partial charge in [0.1, 0.15) is 24.4 Å². The maximum atomic E-state index is 11.0. The number of aliphatic hydroxyl groups excluding tert-OH is 4. The molecule has 0 aromatic rings. The number of rotatable bonds is 5. The molecule has 0 bridgehead atoms. The topological polar surface area (TPSA) is 126 Å². The summed E-state index contributed by atoms with van der Waals surface area (Å²) in [4.78, 5) is 11.0. The number of carbonyl (C=O) groups is 1. The highest BCUT2D eigenvalue weighted by Crippen LogP contribution is 2.23. The molecule has 1 heterocycles. The molecule has 8 heteroatoms. The van der Waals surface area contributed by atoms with Gasteiger partial charge in [-0.1, -0.05) is 0 Å². The number of methoxy groups -OCH3 is 1. The van der Waals surface area contributed by atoms with E-state index in [1.165, 1.54) is 7.11 Å². The molecule has 1 aliphatic rings. The van der Waals surface area contributed by atoms with Crippen LogP contribution in [0.15, 0.2) is 0 Å². The summed E-state index contributed by atoms with van der Waals surface area (Å²) in [6.07, 6.45) is -7.35. The summed E-state index contributed by atoms with van der Waals surface area (Å²) in [6, 6.07) is 0. The van der Waals surface area contributed by atoms with Gasteiger partial charge >= 0.3 is 5.97 Å². The highest BCUT2D eigenvalue weighted by molar-refractivity contribution is 5.69. The third kappa shape index (κ3) is 4.10.